The average Bonchev–Trinajstić information content (AvgIpc) is 2.80. The Bertz CT molecular complexity index is 1090. The van der Waals surface area contributed by atoms with E-state index in [1.165, 1.54) is 0 Å². The molecule has 0 fully saturated rings. The molecular formula is C27H30N2O4. The number of allylic oxidation sites excluding steroid dienone is 1. The Kier molecular flexibility index (Phi) is 8.11. The zero-order valence-electron chi connectivity index (χ0n) is 19.2. The average molecular weight is 447 g/mol. The van der Waals surface area contributed by atoms with Crippen molar-refractivity contribution in [2.75, 3.05) is 32.6 Å². The van der Waals surface area contributed by atoms with Crippen LogP contribution in [0.5, 0.6) is 17.2 Å². The molecule has 172 valence electrons. The largest absolute Gasteiger partial charge is 0.508 e. The van der Waals surface area contributed by atoms with Gasteiger partial charge in [-0.2, -0.15) is 0 Å². The number of aromatic hydroxyl groups is 2. The number of benzene rings is 3. The summed E-state index contributed by atoms with van der Waals surface area (Å²) >= 11 is 0. The standard InChI is InChI=1S/C27H30N2O4/c1-4-25(19-5-11-22(30)12-6-19)26(20-7-13-23(31)14-8-20)27(32)28-21-9-15-24(16-10-21)33-18-17-29(2)3/h5-16,30-31H,4,17-18H2,1-3H3,(H,28,32). The molecule has 0 unspecified atom stereocenters. The van der Waals surface area contributed by atoms with Crippen molar-refractivity contribution in [1.29, 1.82) is 0 Å². The lowest BCUT2D eigenvalue weighted by Crippen LogP contribution is -2.19. The van der Waals surface area contributed by atoms with Gasteiger partial charge in [-0.05, 0) is 85.7 Å². The van der Waals surface area contributed by atoms with Crippen LogP contribution in [0.2, 0.25) is 0 Å². The van der Waals surface area contributed by atoms with Crippen LogP contribution in [0, 0.1) is 0 Å². The topological polar surface area (TPSA) is 82.0 Å². The van der Waals surface area contributed by atoms with E-state index in [0.29, 0.717) is 29.9 Å². The van der Waals surface area contributed by atoms with Crippen molar-refractivity contribution in [3.8, 4) is 17.2 Å². The Morgan fingerprint density at radius 1 is 0.848 bits per heavy atom. The zero-order chi connectivity index (χ0) is 23.8. The fourth-order valence-corrected chi connectivity index (χ4v) is 3.43. The van der Waals surface area contributed by atoms with E-state index in [2.05, 4.69) is 5.32 Å². The molecule has 0 saturated carbocycles. The van der Waals surface area contributed by atoms with Gasteiger partial charge < -0.3 is 25.2 Å². The summed E-state index contributed by atoms with van der Waals surface area (Å²) in [4.78, 5) is 15.5. The lowest BCUT2D eigenvalue weighted by Gasteiger charge is -2.16. The summed E-state index contributed by atoms with van der Waals surface area (Å²) in [5.74, 6) is 0.776. The van der Waals surface area contributed by atoms with E-state index in [1.54, 1.807) is 48.5 Å². The second-order valence-electron chi connectivity index (χ2n) is 7.93. The number of phenolic OH excluding ortho intramolecular Hbond substituents is 2. The van der Waals surface area contributed by atoms with E-state index in [4.69, 9.17) is 4.74 Å². The van der Waals surface area contributed by atoms with E-state index in [0.717, 1.165) is 23.4 Å². The molecule has 3 rings (SSSR count). The van der Waals surface area contributed by atoms with Crippen LogP contribution in [0.15, 0.2) is 72.8 Å². The monoisotopic (exact) mass is 446 g/mol. The van der Waals surface area contributed by atoms with Gasteiger partial charge in [-0.25, -0.2) is 0 Å². The first-order valence-corrected chi connectivity index (χ1v) is 10.9. The predicted molar refractivity (Wildman–Crippen MR) is 132 cm³/mol. The van der Waals surface area contributed by atoms with Crippen LogP contribution in [-0.4, -0.2) is 48.3 Å². The SMILES string of the molecule is CCC(=C(C(=O)Nc1ccc(OCCN(C)C)cc1)c1ccc(O)cc1)c1ccc(O)cc1. The molecule has 6 nitrogen and oxygen atoms in total. The zero-order valence-corrected chi connectivity index (χ0v) is 19.2. The van der Waals surface area contributed by atoms with Gasteiger partial charge >= 0.3 is 0 Å². The highest BCUT2D eigenvalue weighted by molar-refractivity contribution is 6.31. The van der Waals surface area contributed by atoms with Crippen molar-refractivity contribution in [3.05, 3.63) is 83.9 Å². The number of rotatable bonds is 9. The Balaban J connectivity index is 1.90. The Labute approximate surface area is 194 Å². The summed E-state index contributed by atoms with van der Waals surface area (Å²) in [6.45, 7) is 3.38. The molecule has 3 N–H and O–H groups in total. The minimum atomic E-state index is -0.258. The Morgan fingerprint density at radius 2 is 1.39 bits per heavy atom. The Hall–Kier alpha value is -3.77. The smallest absolute Gasteiger partial charge is 0.256 e. The van der Waals surface area contributed by atoms with E-state index in [1.807, 2.05) is 50.2 Å². The first-order chi connectivity index (χ1) is 15.9. The third-order valence-corrected chi connectivity index (χ3v) is 5.17. The number of ether oxygens (including phenoxy) is 1. The van der Waals surface area contributed by atoms with Gasteiger partial charge in [-0.15, -0.1) is 0 Å². The first kappa shape index (κ1) is 23.9. The predicted octanol–water partition coefficient (Wildman–Crippen LogP) is 5.00. The highest BCUT2D eigenvalue weighted by Gasteiger charge is 2.19. The van der Waals surface area contributed by atoms with E-state index >= 15 is 0 Å². The van der Waals surface area contributed by atoms with Crippen molar-refractivity contribution in [1.82, 2.24) is 4.90 Å². The van der Waals surface area contributed by atoms with Gasteiger partial charge in [0.2, 0.25) is 0 Å². The summed E-state index contributed by atoms with van der Waals surface area (Å²) in [5, 5.41) is 22.4. The number of amides is 1. The van der Waals surface area contributed by atoms with Crippen molar-refractivity contribution >= 4 is 22.7 Å². The molecule has 6 heteroatoms. The van der Waals surface area contributed by atoms with Crippen molar-refractivity contribution < 1.29 is 19.7 Å². The molecule has 0 spiro atoms. The van der Waals surface area contributed by atoms with Gasteiger partial charge in [0.25, 0.3) is 5.91 Å². The van der Waals surface area contributed by atoms with Crippen molar-refractivity contribution in [3.63, 3.8) is 0 Å². The molecule has 0 saturated heterocycles. The number of nitrogens with zero attached hydrogens (tertiary/aromatic N) is 1. The van der Waals surface area contributed by atoms with Crippen LogP contribution in [0.4, 0.5) is 5.69 Å². The lowest BCUT2D eigenvalue weighted by atomic mass is 9.92. The summed E-state index contributed by atoms with van der Waals surface area (Å²) < 4.78 is 5.72. The maximum atomic E-state index is 13.5. The number of phenols is 2. The molecule has 0 bridgehead atoms. The van der Waals surface area contributed by atoms with Gasteiger partial charge in [-0.3, -0.25) is 4.79 Å². The van der Waals surface area contributed by atoms with Gasteiger partial charge in [0, 0.05) is 12.2 Å². The molecule has 0 aliphatic carbocycles. The second-order valence-corrected chi connectivity index (χ2v) is 7.93. The summed E-state index contributed by atoms with van der Waals surface area (Å²) in [6, 6.07) is 20.6. The molecule has 0 atom stereocenters. The van der Waals surface area contributed by atoms with Crippen LogP contribution in [-0.2, 0) is 4.79 Å². The van der Waals surface area contributed by atoms with Gasteiger partial charge in [0.05, 0.1) is 5.57 Å². The lowest BCUT2D eigenvalue weighted by molar-refractivity contribution is -0.111. The van der Waals surface area contributed by atoms with Crippen LogP contribution in [0.25, 0.3) is 11.1 Å². The normalized spacial score (nSPS) is 11.8. The minimum Gasteiger partial charge on any atom is -0.508 e. The summed E-state index contributed by atoms with van der Waals surface area (Å²) in [5.41, 5.74) is 3.53. The van der Waals surface area contributed by atoms with Gasteiger partial charge in [0.1, 0.15) is 23.9 Å². The number of carbonyl (C=O) groups is 1. The second kappa shape index (κ2) is 11.2. The van der Waals surface area contributed by atoms with Crippen molar-refractivity contribution in [2.45, 2.75) is 13.3 Å². The van der Waals surface area contributed by atoms with E-state index in [9.17, 15) is 15.0 Å². The van der Waals surface area contributed by atoms with Crippen LogP contribution < -0.4 is 10.1 Å². The fourth-order valence-electron chi connectivity index (χ4n) is 3.43. The fraction of sp³-hybridized carbons (Fsp3) is 0.222. The van der Waals surface area contributed by atoms with Crippen LogP contribution >= 0.6 is 0 Å². The molecule has 1 amide bonds. The highest BCUT2D eigenvalue weighted by Crippen LogP contribution is 2.32. The number of likely N-dealkylation sites (N-methyl/N-ethyl adjacent to an activating group) is 1. The molecule has 0 aliphatic rings. The summed E-state index contributed by atoms with van der Waals surface area (Å²) in [7, 11) is 3.98. The summed E-state index contributed by atoms with van der Waals surface area (Å²) in [6.07, 6.45) is 0.604. The van der Waals surface area contributed by atoms with Gasteiger partial charge in [-0.1, -0.05) is 31.2 Å². The maximum absolute atomic E-state index is 13.5. The molecule has 0 aliphatic heterocycles. The number of anilines is 1. The number of carbonyl (C=O) groups excluding carboxylic acids is 1. The first-order valence-electron chi connectivity index (χ1n) is 10.9. The molecule has 3 aromatic carbocycles. The third kappa shape index (κ3) is 6.60. The molecule has 3 aromatic rings. The van der Waals surface area contributed by atoms with Crippen LogP contribution in [0.1, 0.15) is 24.5 Å². The molecule has 0 heterocycles. The van der Waals surface area contributed by atoms with E-state index in [-0.39, 0.29) is 17.4 Å². The molecule has 33 heavy (non-hydrogen) atoms. The minimum absolute atomic E-state index is 0.131. The third-order valence-electron chi connectivity index (χ3n) is 5.17. The van der Waals surface area contributed by atoms with Gasteiger partial charge in [0.15, 0.2) is 0 Å². The Morgan fingerprint density at radius 3 is 1.91 bits per heavy atom. The molecule has 0 radical (unpaired) electrons. The molecule has 0 aromatic heterocycles. The van der Waals surface area contributed by atoms with Crippen LogP contribution in [0.3, 0.4) is 0 Å². The van der Waals surface area contributed by atoms with E-state index < -0.39 is 0 Å². The number of hydrogen-bond donors (Lipinski definition) is 3. The molecular weight excluding hydrogens is 416 g/mol. The number of hydrogen-bond acceptors (Lipinski definition) is 5. The highest BCUT2D eigenvalue weighted by atomic mass is 16.5. The van der Waals surface area contributed by atoms with Crippen molar-refractivity contribution in [2.24, 2.45) is 0 Å². The maximum Gasteiger partial charge on any atom is 0.256 e. The number of nitrogens with one attached hydrogen (secondary N) is 1. The quantitative estimate of drug-likeness (QED) is 0.318.